The van der Waals surface area contributed by atoms with Gasteiger partial charge in [-0.3, -0.25) is 0 Å². The molecule has 3 aliphatic rings. The molecule has 8 aromatic rings. The lowest BCUT2D eigenvalue weighted by atomic mass is 9.73. The number of fused-ring (bicyclic) bond motifs is 7. The van der Waals surface area contributed by atoms with Crippen molar-refractivity contribution in [1.82, 2.24) is 0 Å². The van der Waals surface area contributed by atoms with Gasteiger partial charge < -0.3 is 9.80 Å². The Balaban J connectivity index is 0.834. The van der Waals surface area contributed by atoms with E-state index in [1.807, 2.05) is 23.5 Å². The molecule has 0 amide bonds. The number of hydrogen-bond donors (Lipinski definition) is 0. The molecule has 0 saturated carbocycles. The Morgan fingerprint density at radius 1 is 0.377 bits per heavy atom. The second-order valence-corrected chi connectivity index (χ2v) is 18.2. The van der Waals surface area contributed by atoms with Crippen molar-refractivity contribution in [3.8, 4) is 11.1 Å². The molecule has 0 aromatic heterocycles. The van der Waals surface area contributed by atoms with Crippen LogP contribution in [0.25, 0.3) is 35.4 Å². The van der Waals surface area contributed by atoms with E-state index < -0.39 is 0 Å². The fraction of sp³-hybridized carbons (Fsp3) is 0.0877. The van der Waals surface area contributed by atoms with Gasteiger partial charge in [-0.25, -0.2) is 0 Å². The van der Waals surface area contributed by atoms with Crippen LogP contribution in [0.2, 0.25) is 0 Å². The molecule has 0 spiro atoms. The van der Waals surface area contributed by atoms with Crippen molar-refractivity contribution in [3.63, 3.8) is 0 Å². The Kier molecular flexibility index (Phi) is 9.56. The lowest BCUT2D eigenvalue weighted by molar-refractivity contribution is 0.490. The van der Waals surface area contributed by atoms with E-state index in [9.17, 15) is 0 Å². The summed E-state index contributed by atoms with van der Waals surface area (Å²) in [6, 6.07) is 66.8. The predicted octanol–water partition coefficient (Wildman–Crippen LogP) is 17.0. The molecule has 61 heavy (non-hydrogen) atoms. The fourth-order valence-electron chi connectivity index (χ4n) is 9.57. The van der Waals surface area contributed by atoms with Crippen molar-refractivity contribution < 1.29 is 0 Å². The molecule has 0 unspecified atom stereocenters. The minimum atomic E-state index is -0.0275. The molecule has 0 atom stereocenters. The predicted molar refractivity (Wildman–Crippen MR) is 262 cm³/mol. The van der Waals surface area contributed by atoms with E-state index in [2.05, 4.69) is 230 Å². The Bertz CT molecular complexity index is 2720. The van der Waals surface area contributed by atoms with E-state index in [0.29, 0.717) is 0 Å². The molecule has 0 saturated heterocycles. The molecule has 2 heterocycles. The van der Waals surface area contributed by atoms with Crippen LogP contribution in [-0.4, -0.2) is 0 Å². The summed E-state index contributed by atoms with van der Waals surface area (Å²) in [7, 11) is 0. The van der Waals surface area contributed by atoms with Crippen LogP contribution >= 0.6 is 23.5 Å². The van der Waals surface area contributed by atoms with Crippen molar-refractivity contribution in [3.05, 3.63) is 215 Å². The largest absolute Gasteiger partial charge is 0.308 e. The van der Waals surface area contributed by atoms with Gasteiger partial charge in [-0.2, -0.15) is 0 Å². The highest BCUT2D eigenvalue weighted by Crippen LogP contribution is 2.55. The summed E-state index contributed by atoms with van der Waals surface area (Å²) in [4.78, 5) is 9.88. The monoisotopic (exact) mass is 820 g/mol. The smallest absolute Gasteiger partial charge is 0.0601 e. The van der Waals surface area contributed by atoms with Crippen LogP contribution in [0.15, 0.2) is 202 Å². The zero-order valence-electron chi connectivity index (χ0n) is 34.3. The number of nitrogens with zero attached hydrogens (tertiary/aromatic N) is 2. The topological polar surface area (TPSA) is 6.48 Å². The quantitative estimate of drug-likeness (QED) is 0.141. The maximum Gasteiger partial charge on any atom is 0.0601 e. The summed E-state index contributed by atoms with van der Waals surface area (Å²) in [5, 5.41) is 0. The van der Waals surface area contributed by atoms with Crippen molar-refractivity contribution in [2.45, 2.75) is 51.7 Å². The van der Waals surface area contributed by atoms with E-state index in [0.717, 1.165) is 12.8 Å². The molecule has 0 fully saturated rings. The summed E-state index contributed by atoms with van der Waals surface area (Å²) in [6.45, 7) is 4.71. The number of para-hydroxylation sites is 4. The highest BCUT2D eigenvalue weighted by atomic mass is 32.2. The molecule has 11 rings (SSSR count). The second-order valence-electron chi connectivity index (χ2n) is 16.0. The third kappa shape index (κ3) is 6.53. The molecule has 294 valence electrons. The first-order valence-corrected chi connectivity index (χ1v) is 22.9. The van der Waals surface area contributed by atoms with Gasteiger partial charge in [0.05, 0.1) is 22.7 Å². The standard InChI is InChI=1S/C57H44N2S2/c1-3-57(4-2)47-37-41(23-21-39-25-31-43(32-26-39)58-49-13-5-9-17-53(49)60-54-18-10-6-14-50(54)58)29-35-45(47)46-36-30-42(38-48(46)57)24-22-40-27-33-44(34-28-40)59-51-15-7-11-19-55(51)61-56-20-12-8-16-52(56)59/h5-38H,3-4H2,1-2H3/b23-21+,24-22+. The number of rotatable bonds is 8. The first kappa shape index (κ1) is 37.5. The van der Waals surface area contributed by atoms with Gasteiger partial charge in [-0.05, 0) is 130 Å². The first-order chi connectivity index (χ1) is 30.1. The van der Waals surface area contributed by atoms with Crippen LogP contribution < -0.4 is 9.80 Å². The van der Waals surface area contributed by atoms with Gasteiger partial charge in [0.25, 0.3) is 0 Å². The summed E-state index contributed by atoms with van der Waals surface area (Å²) in [6.07, 6.45) is 11.2. The molecule has 8 aromatic carbocycles. The van der Waals surface area contributed by atoms with Gasteiger partial charge in [-0.1, -0.05) is 171 Å². The van der Waals surface area contributed by atoms with E-state index >= 15 is 0 Å². The summed E-state index contributed by atoms with van der Waals surface area (Å²) in [5.74, 6) is 0. The van der Waals surface area contributed by atoms with Gasteiger partial charge in [0.15, 0.2) is 0 Å². The van der Waals surface area contributed by atoms with Crippen molar-refractivity contribution in [2.24, 2.45) is 0 Å². The summed E-state index contributed by atoms with van der Waals surface area (Å²) < 4.78 is 0. The molecule has 4 heteroatoms. The minimum absolute atomic E-state index is 0.0275. The van der Waals surface area contributed by atoms with Gasteiger partial charge in [0.2, 0.25) is 0 Å². The SMILES string of the molecule is CCC1(CC)c2cc(/C=C/c3ccc(N4c5ccccc5Sc5ccccc54)cc3)ccc2-c2ccc(/C=C/c3ccc(N4c5ccccc5Sc5ccccc54)cc3)cc21. The van der Waals surface area contributed by atoms with Crippen LogP contribution in [0.5, 0.6) is 0 Å². The van der Waals surface area contributed by atoms with E-state index in [-0.39, 0.29) is 5.41 Å². The lowest BCUT2D eigenvalue weighted by Crippen LogP contribution is -2.23. The van der Waals surface area contributed by atoms with Crippen LogP contribution in [-0.2, 0) is 5.41 Å². The normalized spacial score (nSPS) is 14.3. The second kappa shape index (κ2) is 15.5. The van der Waals surface area contributed by atoms with Gasteiger partial charge in [-0.15, -0.1) is 0 Å². The number of hydrogen-bond acceptors (Lipinski definition) is 4. The third-order valence-corrected chi connectivity index (χ3v) is 15.0. The highest BCUT2D eigenvalue weighted by Gasteiger charge is 2.40. The minimum Gasteiger partial charge on any atom is -0.308 e. The van der Waals surface area contributed by atoms with Crippen molar-refractivity contribution in [1.29, 1.82) is 0 Å². The lowest BCUT2D eigenvalue weighted by Gasteiger charge is -2.32. The van der Waals surface area contributed by atoms with Gasteiger partial charge >= 0.3 is 0 Å². The van der Waals surface area contributed by atoms with E-state index in [1.54, 1.807) is 0 Å². The highest BCUT2D eigenvalue weighted by molar-refractivity contribution is 8.00. The number of anilines is 6. The summed E-state index contributed by atoms with van der Waals surface area (Å²) >= 11 is 3.69. The molecule has 0 bridgehead atoms. The van der Waals surface area contributed by atoms with Crippen LogP contribution in [0.3, 0.4) is 0 Å². The zero-order valence-corrected chi connectivity index (χ0v) is 35.9. The van der Waals surface area contributed by atoms with Gasteiger partial charge in [0, 0.05) is 36.4 Å². The average molecular weight is 821 g/mol. The van der Waals surface area contributed by atoms with Crippen molar-refractivity contribution >= 4 is 82.0 Å². The number of benzene rings is 8. The molecule has 2 nitrogen and oxygen atoms in total. The van der Waals surface area contributed by atoms with Gasteiger partial charge in [0.1, 0.15) is 0 Å². The molecule has 2 aliphatic heterocycles. The van der Waals surface area contributed by atoms with E-state index in [4.69, 9.17) is 0 Å². The van der Waals surface area contributed by atoms with Crippen LogP contribution in [0.4, 0.5) is 34.1 Å². The Morgan fingerprint density at radius 3 is 1.03 bits per heavy atom. The Morgan fingerprint density at radius 2 is 0.689 bits per heavy atom. The molecule has 0 N–H and O–H groups in total. The van der Waals surface area contributed by atoms with Crippen LogP contribution in [0, 0.1) is 0 Å². The molecular formula is C57H44N2S2. The third-order valence-electron chi connectivity index (χ3n) is 12.7. The molecule has 1 aliphatic carbocycles. The first-order valence-electron chi connectivity index (χ1n) is 21.3. The molecular weight excluding hydrogens is 777 g/mol. The summed E-state index contributed by atoms with van der Waals surface area (Å²) in [5.41, 5.74) is 17.7. The van der Waals surface area contributed by atoms with Crippen LogP contribution in [0.1, 0.15) is 60.1 Å². The maximum atomic E-state index is 2.45. The zero-order chi connectivity index (χ0) is 40.9. The maximum absolute atomic E-state index is 2.45. The average Bonchev–Trinajstić information content (AvgIpc) is 3.59. The Labute approximate surface area is 367 Å². The fourth-order valence-corrected chi connectivity index (χ4v) is 11.7. The Hall–Kier alpha value is -6.46. The van der Waals surface area contributed by atoms with Crippen molar-refractivity contribution in [2.75, 3.05) is 9.80 Å². The van der Waals surface area contributed by atoms with E-state index in [1.165, 1.54) is 98.2 Å². The molecule has 0 radical (unpaired) electrons.